The highest BCUT2D eigenvalue weighted by Crippen LogP contribution is 2.24. The van der Waals surface area contributed by atoms with Gasteiger partial charge in [-0.2, -0.15) is 4.31 Å². The maximum Gasteiger partial charge on any atom is 0.244 e. The van der Waals surface area contributed by atoms with Crippen molar-refractivity contribution in [1.82, 2.24) is 8.87 Å². The summed E-state index contributed by atoms with van der Waals surface area (Å²) < 4.78 is 28.6. The van der Waals surface area contributed by atoms with Crippen LogP contribution in [0.1, 0.15) is 52.3 Å². The summed E-state index contributed by atoms with van der Waals surface area (Å²) in [6.45, 7) is 8.01. The van der Waals surface area contributed by atoms with Crippen LogP contribution in [-0.4, -0.2) is 30.4 Å². The van der Waals surface area contributed by atoms with Gasteiger partial charge in [0.2, 0.25) is 10.0 Å². The smallest absolute Gasteiger partial charge is 0.244 e. The summed E-state index contributed by atoms with van der Waals surface area (Å²) in [5.41, 5.74) is 0.830. The zero-order valence-corrected chi connectivity index (χ0v) is 14.5. The SMILES string of the molecule is CCCC(C)N(C)S(=O)(=O)c1cc(CCl)n(C(C)C)c1. The summed E-state index contributed by atoms with van der Waals surface area (Å²) in [5.74, 6) is 0.307. The Hall–Kier alpha value is -0.520. The normalized spacial score (nSPS) is 14.2. The predicted molar refractivity (Wildman–Crippen MR) is 83.7 cm³/mol. The van der Waals surface area contributed by atoms with Gasteiger partial charge in [0.1, 0.15) is 4.90 Å². The van der Waals surface area contributed by atoms with Crippen LogP contribution in [-0.2, 0) is 15.9 Å². The van der Waals surface area contributed by atoms with E-state index in [-0.39, 0.29) is 12.1 Å². The van der Waals surface area contributed by atoms with Crippen LogP contribution in [0.2, 0.25) is 0 Å². The predicted octanol–water partition coefficient (Wildman–Crippen LogP) is 3.62. The minimum atomic E-state index is -3.45. The maximum absolute atomic E-state index is 12.6. The van der Waals surface area contributed by atoms with Crippen molar-refractivity contribution in [1.29, 1.82) is 0 Å². The molecule has 6 heteroatoms. The molecule has 1 heterocycles. The number of aromatic nitrogens is 1. The van der Waals surface area contributed by atoms with E-state index in [1.807, 2.05) is 25.3 Å². The van der Waals surface area contributed by atoms with E-state index in [0.717, 1.165) is 18.5 Å². The van der Waals surface area contributed by atoms with Crippen molar-refractivity contribution in [3.8, 4) is 0 Å². The van der Waals surface area contributed by atoms with Gasteiger partial charge in [-0.3, -0.25) is 0 Å². The summed E-state index contributed by atoms with van der Waals surface area (Å²) in [7, 11) is -1.81. The van der Waals surface area contributed by atoms with Crippen molar-refractivity contribution in [2.24, 2.45) is 0 Å². The van der Waals surface area contributed by atoms with E-state index in [9.17, 15) is 8.42 Å². The fourth-order valence-corrected chi connectivity index (χ4v) is 3.89. The summed E-state index contributed by atoms with van der Waals surface area (Å²) in [4.78, 5) is 0.326. The van der Waals surface area contributed by atoms with Crippen molar-refractivity contribution < 1.29 is 8.42 Å². The van der Waals surface area contributed by atoms with Crippen LogP contribution in [0.15, 0.2) is 17.2 Å². The average Bonchev–Trinajstić information content (AvgIpc) is 2.82. The molecule has 0 amide bonds. The Morgan fingerprint density at radius 3 is 2.35 bits per heavy atom. The van der Waals surface area contributed by atoms with Crippen molar-refractivity contribution in [2.45, 2.75) is 63.4 Å². The number of sulfonamides is 1. The van der Waals surface area contributed by atoms with Gasteiger partial charge in [0.15, 0.2) is 0 Å². The van der Waals surface area contributed by atoms with Gasteiger partial charge in [0, 0.05) is 31.0 Å². The topological polar surface area (TPSA) is 42.3 Å². The molecular weight excluding hydrogens is 296 g/mol. The molecule has 116 valence electrons. The van der Waals surface area contributed by atoms with E-state index in [0.29, 0.717) is 10.8 Å². The van der Waals surface area contributed by atoms with E-state index in [1.165, 1.54) is 4.31 Å². The Kier molecular flexibility index (Phi) is 6.10. The van der Waals surface area contributed by atoms with Crippen LogP contribution >= 0.6 is 11.6 Å². The molecule has 0 aliphatic carbocycles. The van der Waals surface area contributed by atoms with E-state index in [4.69, 9.17) is 11.6 Å². The van der Waals surface area contributed by atoms with Gasteiger partial charge < -0.3 is 4.57 Å². The first-order chi connectivity index (χ1) is 9.25. The molecule has 1 aromatic heterocycles. The molecule has 0 fully saturated rings. The minimum absolute atomic E-state index is 0.00754. The third kappa shape index (κ3) is 3.57. The molecule has 0 saturated carbocycles. The fraction of sp³-hybridized carbons (Fsp3) is 0.714. The molecule has 20 heavy (non-hydrogen) atoms. The van der Waals surface area contributed by atoms with Crippen molar-refractivity contribution >= 4 is 21.6 Å². The van der Waals surface area contributed by atoms with E-state index in [1.54, 1.807) is 19.3 Å². The lowest BCUT2D eigenvalue weighted by Gasteiger charge is -2.23. The highest BCUT2D eigenvalue weighted by atomic mass is 35.5. The first-order valence-electron chi connectivity index (χ1n) is 7.00. The Bertz CT molecular complexity index is 537. The Balaban J connectivity index is 3.16. The molecule has 1 unspecified atom stereocenters. The maximum atomic E-state index is 12.6. The molecule has 1 atom stereocenters. The molecule has 1 aromatic rings. The first kappa shape index (κ1) is 17.5. The minimum Gasteiger partial charge on any atom is -0.346 e. The first-order valence-corrected chi connectivity index (χ1v) is 8.97. The molecule has 0 bridgehead atoms. The average molecular weight is 321 g/mol. The molecule has 0 N–H and O–H groups in total. The second kappa shape index (κ2) is 6.96. The summed E-state index contributed by atoms with van der Waals surface area (Å²) in [6, 6.07) is 1.86. The lowest BCUT2D eigenvalue weighted by Crippen LogP contribution is -2.34. The lowest BCUT2D eigenvalue weighted by atomic mass is 10.2. The third-order valence-corrected chi connectivity index (χ3v) is 5.82. The van der Waals surface area contributed by atoms with Gasteiger partial charge in [0.05, 0.1) is 5.88 Å². The molecule has 0 spiro atoms. The summed E-state index contributed by atoms with van der Waals surface area (Å²) in [6.07, 6.45) is 3.50. The van der Waals surface area contributed by atoms with Crippen LogP contribution in [0.5, 0.6) is 0 Å². The molecule has 1 rings (SSSR count). The standard InChI is InChI=1S/C14H25ClN2O2S/c1-6-7-12(4)16(5)20(18,19)14-8-13(9-15)17(10-14)11(2)3/h8,10-12H,6-7,9H2,1-5H3. The number of rotatable bonds is 7. The summed E-state index contributed by atoms with van der Waals surface area (Å²) in [5, 5.41) is 0. The number of nitrogens with zero attached hydrogens (tertiary/aromatic N) is 2. The second-order valence-electron chi connectivity index (χ2n) is 5.46. The van der Waals surface area contributed by atoms with Crippen LogP contribution in [0.4, 0.5) is 0 Å². The molecular formula is C14H25ClN2O2S. The second-order valence-corrected chi connectivity index (χ2v) is 7.73. The van der Waals surface area contributed by atoms with Gasteiger partial charge >= 0.3 is 0 Å². The van der Waals surface area contributed by atoms with Crippen molar-refractivity contribution in [3.05, 3.63) is 18.0 Å². The number of hydrogen-bond acceptors (Lipinski definition) is 2. The van der Waals surface area contributed by atoms with Gasteiger partial charge in [-0.15, -0.1) is 11.6 Å². The fourth-order valence-electron chi connectivity index (χ4n) is 2.23. The zero-order chi connectivity index (χ0) is 15.5. The number of alkyl halides is 1. The van der Waals surface area contributed by atoms with Crippen LogP contribution in [0, 0.1) is 0 Å². The molecule has 0 aliphatic heterocycles. The molecule has 0 aliphatic rings. The largest absolute Gasteiger partial charge is 0.346 e. The van der Waals surface area contributed by atoms with Crippen LogP contribution in [0.25, 0.3) is 0 Å². The Labute approximate surface area is 127 Å². The van der Waals surface area contributed by atoms with Crippen molar-refractivity contribution in [3.63, 3.8) is 0 Å². The van der Waals surface area contributed by atoms with Crippen LogP contribution < -0.4 is 0 Å². The third-order valence-electron chi connectivity index (χ3n) is 3.60. The lowest BCUT2D eigenvalue weighted by molar-refractivity contribution is 0.368. The van der Waals surface area contributed by atoms with Gasteiger partial charge in [-0.25, -0.2) is 8.42 Å². The molecule has 4 nitrogen and oxygen atoms in total. The monoisotopic (exact) mass is 320 g/mol. The molecule has 0 aromatic carbocycles. The highest BCUT2D eigenvalue weighted by Gasteiger charge is 2.27. The summed E-state index contributed by atoms with van der Waals surface area (Å²) >= 11 is 5.90. The van der Waals surface area contributed by atoms with Crippen LogP contribution in [0.3, 0.4) is 0 Å². The molecule has 0 radical (unpaired) electrons. The Morgan fingerprint density at radius 2 is 1.95 bits per heavy atom. The van der Waals surface area contributed by atoms with E-state index in [2.05, 4.69) is 6.92 Å². The van der Waals surface area contributed by atoms with Gasteiger partial charge in [0.25, 0.3) is 0 Å². The van der Waals surface area contributed by atoms with E-state index < -0.39 is 10.0 Å². The molecule has 0 saturated heterocycles. The number of hydrogen-bond donors (Lipinski definition) is 0. The van der Waals surface area contributed by atoms with Gasteiger partial charge in [-0.05, 0) is 33.3 Å². The van der Waals surface area contributed by atoms with E-state index >= 15 is 0 Å². The quantitative estimate of drug-likeness (QED) is 0.720. The Morgan fingerprint density at radius 1 is 1.35 bits per heavy atom. The van der Waals surface area contributed by atoms with Crippen molar-refractivity contribution in [2.75, 3.05) is 7.05 Å². The highest BCUT2D eigenvalue weighted by molar-refractivity contribution is 7.89. The number of halogens is 1. The zero-order valence-electron chi connectivity index (χ0n) is 12.9. The van der Waals surface area contributed by atoms with Gasteiger partial charge in [-0.1, -0.05) is 13.3 Å².